The molecule has 1 heterocycles. The molecule has 2 aromatic rings. The largest absolute Gasteiger partial charge is 0.437 e. The summed E-state index contributed by atoms with van der Waals surface area (Å²) in [6.07, 6.45) is 2.30. The number of halogens is 1. The summed E-state index contributed by atoms with van der Waals surface area (Å²) in [6.45, 7) is 2.10. The second kappa shape index (κ2) is 5.01. The number of hydrogen-bond donors (Lipinski definition) is 1. The van der Waals surface area contributed by atoms with Gasteiger partial charge in [-0.3, -0.25) is 0 Å². The van der Waals surface area contributed by atoms with Gasteiger partial charge in [0.15, 0.2) is 0 Å². The maximum absolute atomic E-state index is 5.93. The second-order valence-electron chi connectivity index (χ2n) is 3.48. The van der Waals surface area contributed by atoms with Gasteiger partial charge in [0.25, 0.3) is 0 Å². The average molecular weight is 250 g/mol. The van der Waals surface area contributed by atoms with Crippen LogP contribution < -0.4 is 10.5 Å². The van der Waals surface area contributed by atoms with Gasteiger partial charge in [-0.1, -0.05) is 30.7 Å². The SMILES string of the molecule is CCc1ccc(Oc2ncnc(N)c2Cl)cc1. The lowest BCUT2D eigenvalue weighted by Gasteiger charge is -2.07. The van der Waals surface area contributed by atoms with Gasteiger partial charge in [-0.25, -0.2) is 4.98 Å². The van der Waals surface area contributed by atoms with Crippen LogP contribution in [0.25, 0.3) is 0 Å². The smallest absolute Gasteiger partial charge is 0.243 e. The summed E-state index contributed by atoms with van der Waals surface area (Å²) in [5.41, 5.74) is 6.80. The zero-order valence-corrected chi connectivity index (χ0v) is 10.1. The second-order valence-corrected chi connectivity index (χ2v) is 3.86. The highest BCUT2D eigenvalue weighted by molar-refractivity contribution is 6.34. The number of benzene rings is 1. The average Bonchev–Trinajstić information content (AvgIpc) is 2.36. The fourth-order valence-corrected chi connectivity index (χ4v) is 1.48. The number of nitrogen functional groups attached to an aromatic ring is 1. The van der Waals surface area contributed by atoms with Crippen LogP contribution in [-0.4, -0.2) is 9.97 Å². The molecule has 0 aliphatic carbocycles. The Morgan fingerprint density at radius 1 is 1.24 bits per heavy atom. The van der Waals surface area contributed by atoms with Crippen molar-refractivity contribution in [2.45, 2.75) is 13.3 Å². The molecular weight excluding hydrogens is 238 g/mol. The minimum atomic E-state index is 0.210. The van der Waals surface area contributed by atoms with Crippen molar-refractivity contribution in [3.05, 3.63) is 41.2 Å². The zero-order chi connectivity index (χ0) is 12.3. The van der Waals surface area contributed by atoms with Crippen molar-refractivity contribution in [3.63, 3.8) is 0 Å². The topological polar surface area (TPSA) is 61.0 Å². The molecule has 0 atom stereocenters. The quantitative estimate of drug-likeness (QED) is 0.908. The van der Waals surface area contributed by atoms with Crippen molar-refractivity contribution in [1.29, 1.82) is 0 Å². The van der Waals surface area contributed by atoms with Crippen molar-refractivity contribution in [1.82, 2.24) is 9.97 Å². The van der Waals surface area contributed by atoms with Crippen LogP contribution in [0.1, 0.15) is 12.5 Å². The molecule has 0 unspecified atom stereocenters. The number of ether oxygens (including phenoxy) is 1. The van der Waals surface area contributed by atoms with Crippen LogP contribution in [0, 0.1) is 0 Å². The third-order valence-electron chi connectivity index (χ3n) is 2.33. The van der Waals surface area contributed by atoms with Crippen LogP contribution in [0.5, 0.6) is 11.6 Å². The van der Waals surface area contributed by atoms with Crippen LogP contribution in [0.15, 0.2) is 30.6 Å². The fourth-order valence-electron chi connectivity index (χ4n) is 1.34. The molecule has 0 radical (unpaired) electrons. The highest BCUT2D eigenvalue weighted by Crippen LogP contribution is 2.29. The lowest BCUT2D eigenvalue weighted by molar-refractivity contribution is 0.462. The van der Waals surface area contributed by atoms with E-state index in [1.54, 1.807) is 0 Å². The summed E-state index contributed by atoms with van der Waals surface area (Å²) < 4.78 is 5.53. The van der Waals surface area contributed by atoms with E-state index in [4.69, 9.17) is 22.1 Å². The van der Waals surface area contributed by atoms with E-state index in [0.717, 1.165) is 6.42 Å². The lowest BCUT2D eigenvalue weighted by Crippen LogP contribution is -1.96. The molecule has 5 heteroatoms. The highest BCUT2D eigenvalue weighted by Gasteiger charge is 2.08. The first-order valence-corrected chi connectivity index (χ1v) is 5.61. The van der Waals surface area contributed by atoms with Gasteiger partial charge in [0.05, 0.1) is 0 Å². The van der Waals surface area contributed by atoms with Crippen molar-refractivity contribution < 1.29 is 4.74 Å². The van der Waals surface area contributed by atoms with Crippen LogP contribution in [0.3, 0.4) is 0 Å². The van der Waals surface area contributed by atoms with Gasteiger partial charge in [0.2, 0.25) is 5.88 Å². The van der Waals surface area contributed by atoms with Crippen LogP contribution in [-0.2, 0) is 6.42 Å². The fraction of sp³-hybridized carbons (Fsp3) is 0.167. The summed E-state index contributed by atoms with van der Waals surface area (Å²) in [5, 5.41) is 0.229. The Hall–Kier alpha value is -1.81. The molecule has 0 aliphatic heterocycles. The van der Waals surface area contributed by atoms with Gasteiger partial charge in [0, 0.05) is 0 Å². The van der Waals surface area contributed by atoms with Crippen LogP contribution in [0.4, 0.5) is 5.82 Å². The summed E-state index contributed by atoms with van der Waals surface area (Å²) in [6, 6.07) is 7.72. The molecule has 0 bridgehead atoms. The molecule has 88 valence electrons. The van der Waals surface area contributed by atoms with Gasteiger partial charge < -0.3 is 10.5 Å². The Morgan fingerprint density at radius 2 is 1.94 bits per heavy atom. The monoisotopic (exact) mass is 249 g/mol. The maximum atomic E-state index is 5.93. The summed E-state index contributed by atoms with van der Waals surface area (Å²) in [5.74, 6) is 1.15. The number of nitrogens with zero attached hydrogens (tertiary/aromatic N) is 2. The number of aryl methyl sites for hydroxylation is 1. The van der Waals surface area contributed by atoms with E-state index >= 15 is 0 Å². The van der Waals surface area contributed by atoms with E-state index in [1.807, 2.05) is 24.3 Å². The third kappa shape index (κ3) is 2.65. The summed E-state index contributed by atoms with van der Waals surface area (Å²) in [4.78, 5) is 7.69. The maximum Gasteiger partial charge on any atom is 0.243 e. The molecule has 0 saturated heterocycles. The van der Waals surface area contributed by atoms with Gasteiger partial charge in [0.1, 0.15) is 22.9 Å². The summed E-state index contributed by atoms with van der Waals surface area (Å²) in [7, 11) is 0. The minimum Gasteiger partial charge on any atom is -0.437 e. The van der Waals surface area contributed by atoms with Crippen molar-refractivity contribution in [2.75, 3.05) is 5.73 Å². The van der Waals surface area contributed by atoms with Gasteiger partial charge in [-0.15, -0.1) is 0 Å². The Bertz CT molecular complexity index is 514. The van der Waals surface area contributed by atoms with Gasteiger partial charge in [-0.2, -0.15) is 4.98 Å². The van der Waals surface area contributed by atoms with Crippen LogP contribution >= 0.6 is 11.6 Å². The van der Waals surface area contributed by atoms with E-state index in [1.165, 1.54) is 11.9 Å². The molecular formula is C12H12ClN3O. The lowest BCUT2D eigenvalue weighted by atomic mass is 10.2. The molecule has 1 aromatic carbocycles. The third-order valence-corrected chi connectivity index (χ3v) is 2.69. The predicted octanol–water partition coefficient (Wildman–Crippen LogP) is 3.07. The number of hydrogen-bond acceptors (Lipinski definition) is 4. The van der Waals surface area contributed by atoms with E-state index in [0.29, 0.717) is 5.75 Å². The molecule has 0 fully saturated rings. The van der Waals surface area contributed by atoms with Crippen LogP contribution in [0.2, 0.25) is 5.02 Å². The Balaban J connectivity index is 2.22. The Kier molecular flexibility index (Phi) is 3.44. The first-order chi connectivity index (χ1) is 8.20. The molecule has 2 N–H and O–H groups in total. The molecule has 2 rings (SSSR count). The van der Waals surface area contributed by atoms with Crippen molar-refractivity contribution in [2.24, 2.45) is 0 Å². The first-order valence-electron chi connectivity index (χ1n) is 5.23. The number of anilines is 1. The van der Waals surface area contributed by atoms with Gasteiger partial charge >= 0.3 is 0 Å². The number of aromatic nitrogens is 2. The minimum absolute atomic E-state index is 0.210. The summed E-state index contributed by atoms with van der Waals surface area (Å²) >= 11 is 5.93. The predicted molar refractivity (Wildman–Crippen MR) is 67.3 cm³/mol. The highest BCUT2D eigenvalue weighted by atomic mass is 35.5. The molecule has 17 heavy (non-hydrogen) atoms. The Labute approximate surface area is 104 Å². The van der Waals surface area contributed by atoms with Crippen molar-refractivity contribution in [3.8, 4) is 11.6 Å². The van der Waals surface area contributed by atoms with E-state index in [9.17, 15) is 0 Å². The van der Waals surface area contributed by atoms with E-state index in [2.05, 4.69) is 16.9 Å². The molecule has 0 spiro atoms. The zero-order valence-electron chi connectivity index (χ0n) is 9.35. The normalized spacial score (nSPS) is 10.2. The molecule has 1 aromatic heterocycles. The molecule has 4 nitrogen and oxygen atoms in total. The number of nitrogens with two attached hydrogens (primary N) is 1. The van der Waals surface area contributed by atoms with Crippen molar-refractivity contribution >= 4 is 17.4 Å². The van der Waals surface area contributed by atoms with Gasteiger partial charge in [-0.05, 0) is 24.1 Å². The molecule has 0 aliphatic rings. The standard InChI is InChI=1S/C12H12ClN3O/c1-2-8-3-5-9(6-4-8)17-12-10(13)11(14)15-7-16-12/h3-7H,2H2,1H3,(H2,14,15,16). The molecule has 0 saturated carbocycles. The molecule has 0 amide bonds. The Morgan fingerprint density at radius 3 is 2.59 bits per heavy atom. The number of rotatable bonds is 3. The van der Waals surface area contributed by atoms with E-state index < -0.39 is 0 Å². The van der Waals surface area contributed by atoms with E-state index in [-0.39, 0.29) is 16.7 Å². The first kappa shape index (κ1) is 11.7.